The van der Waals surface area contributed by atoms with E-state index in [4.69, 9.17) is 9.47 Å². The van der Waals surface area contributed by atoms with Crippen LogP contribution in [0.3, 0.4) is 0 Å². The molecule has 1 unspecified atom stereocenters. The summed E-state index contributed by atoms with van der Waals surface area (Å²) < 4.78 is 10.8. The van der Waals surface area contributed by atoms with Crippen LogP contribution in [0, 0.1) is 5.41 Å². The Morgan fingerprint density at radius 2 is 1.95 bits per heavy atom. The summed E-state index contributed by atoms with van der Waals surface area (Å²) in [5.74, 6) is 1.72. The van der Waals surface area contributed by atoms with Gasteiger partial charge in [-0.05, 0) is 63.0 Å². The van der Waals surface area contributed by atoms with Crippen LogP contribution in [0.4, 0.5) is 0 Å². The van der Waals surface area contributed by atoms with Gasteiger partial charge in [-0.15, -0.1) is 0 Å². The Bertz CT molecular complexity index is 496. The molecule has 4 nitrogen and oxygen atoms in total. The van der Waals surface area contributed by atoms with Crippen molar-refractivity contribution < 1.29 is 9.47 Å². The van der Waals surface area contributed by atoms with E-state index >= 15 is 0 Å². The maximum absolute atomic E-state index is 5.46. The van der Waals surface area contributed by atoms with Gasteiger partial charge in [-0.25, -0.2) is 0 Å². The van der Waals surface area contributed by atoms with Crippen LogP contribution in [-0.2, 0) is 0 Å². The van der Waals surface area contributed by atoms with E-state index in [2.05, 4.69) is 43.2 Å². The summed E-state index contributed by atoms with van der Waals surface area (Å²) in [5, 5.41) is 3.70. The molecule has 0 bridgehead atoms. The molecule has 1 atom stereocenters. The molecule has 116 valence electrons. The van der Waals surface area contributed by atoms with E-state index in [0.717, 1.165) is 18.0 Å². The molecule has 2 aliphatic rings. The van der Waals surface area contributed by atoms with E-state index < -0.39 is 0 Å². The number of fused-ring (bicyclic) bond motifs is 1. The standard InChI is InChI=1S/C17H26N2O2/c1-13(14-4-5-15-16(10-14)21-12-20-15)18-11-17(2)6-8-19(3)9-7-17/h4-5,10,13,18H,6-9,11-12H2,1-3H3. The number of nitrogens with zero attached hydrogens (tertiary/aromatic N) is 1. The SMILES string of the molecule is CC(NCC1(C)CCN(C)CC1)c1ccc2c(c1)OCO2. The minimum Gasteiger partial charge on any atom is -0.454 e. The van der Waals surface area contributed by atoms with Gasteiger partial charge in [0.25, 0.3) is 0 Å². The highest BCUT2D eigenvalue weighted by molar-refractivity contribution is 5.45. The van der Waals surface area contributed by atoms with Crippen molar-refractivity contribution in [2.75, 3.05) is 33.5 Å². The van der Waals surface area contributed by atoms with Crippen molar-refractivity contribution in [3.05, 3.63) is 23.8 Å². The largest absolute Gasteiger partial charge is 0.454 e. The molecule has 21 heavy (non-hydrogen) atoms. The Hall–Kier alpha value is -1.26. The first-order valence-electron chi connectivity index (χ1n) is 7.87. The van der Waals surface area contributed by atoms with Gasteiger partial charge in [-0.2, -0.15) is 0 Å². The zero-order chi connectivity index (χ0) is 14.9. The highest BCUT2D eigenvalue weighted by atomic mass is 16.7. The van der Waals surface area contributed by atoms with E-state index in [0.29, 0.717) is 18.2 Å². The summed E-state index contributed by atoms with van der Waals surface area (Å²) in [6, 6.07) is 6.56. The van der Waals surface area contributed by atoms with Crippen molar-refractivity contribution >= 4 is 0 Å². The molecule has 0 saturated carbocycles. The predicted octanol–water partition coefficient (Wildman–Crippen LogP) is 2.80. The molecule has 1 aromatic rings. The lowest BCUT2D eigenvalue weighted by Gasteiger charge is -2.38. The number of nitrogens with one attached hydrogen (secondary N) is 1. The number of benzene rings is 1. The fourth-order valence-electron chi connectivity index (χ4n) is 3.03. The van der Waals surface area contributed by atoms with Crippen LogP contribution in [0.2, 0.25) is 0 Å². The summed E-state index contributed by atoms with van der Waals surface area (Å²) in [5.41, 5.74) is 1.67. The van der Waals surface area contributed by atoms with Crippen molar-refractivity contribution in [1.82, 2.24) is 10.2 Å². The molecule has 1 aromatic carbocycles. The van der Waals surface area contributed by atoms with Gasteiger partial charge < -0.3 is 19.7 Å². The van der Waals surface area contributed by atoms with E-state index in [1.54, 1.807) is 0 Å². The first-order chi connectivity index (χ1) is 10.1. The molecular formula is C17H26N2O2. The third kappa shape index (κ3) is 3.33. The summed E-state index contributed by atoms with van der Waals surface area (Å²) in [6.45, 7) is 8.44. The molecule has 0 spiro atoms. The number of piperidine rings is 1. The van der Waals surface area contributed by atoms with Crippen LogP contribution < -0.4 is 14.8 Å². The van der Waals surface area contributed by atoms with Gasteiger partial charge in [0.15, 0.2) is 11.5 Å². The zero-order valence-electron chi connectivity index (χ0n) is 13.3. The maximum atomic E-state index is 5.46. The molecule has 1 saturated heterocycles. The molecule has 4 heteroatoms. The van der Waals surface area contributed by atoms with Crippen molar-refractivity contribution in [3.63, 3.8) is 0 Å². The summed E-state index contributed by atoms with van der Waals surface area (Å²) in [6.07, 6.45) is 2.54. The lowest BCUT2D eigenvalue weighted by molar-refractivity contribution is 0.134. The molecule has 0 aromatic heterocycles. The Morgan fingerprint density at radius 3 is 2.71 bits per heavy atom. The number of hydrogen-bond acceptors (Lipinski definition) is 4. The highest BCUT2D eigenvalue weighted by Gasteiger charge is 2.29. The molecule has 0 aliphatic carbocycles. The lowest BCUT2D eigenvalue weighted by Crippen LogP contribution is -2.42. The van der Waals surface area contributed by atoms with Gasteiger partial charge in [0.05, 0.1) is 0 Å². The van der Waals surface area contributed by atoms with Gasteiger partial charge in [0.2, 0.25) is 6.79 Å². The average molecular weight is 290 g/mol. The summed E-state index contributed by atoms with van der Waals surface area (Å²) in [7, 11) is 2.21. The Morgan fingerprint density at radius 1 is 1.24 bits per heavy atom. The monoisotopic (exact) mass is 290 g/mol. The van der Waals surface area contributed by atoms with Crippen LogP contribution in [-0.4, -0.2) is 38.4 Å². The van der Waals surface area contributed by atoms with Gasteiger partial charge in [0, 0.05) is 12.6 Å². The first kappa shape index (κ1) is 14.7. The van der Waals surface area contributed by atoms with Crippen LogP contribution in [0.25, 0.3) is 0 Å². The first-order valence-corrected chi connectivity index (χ1v) is 7.87. The van der Waals surface area contributed by atoms with Crippen LogP contribution >= 0.6 is 0 Å². The molecule has 2 heterocycles. The number of likely N-dealkylation sites (tertiary alicyclic amines) is 1. The van der Waals surface area contributed by atoms with Gasteiger partial charge in [-0.1, -0.05) is 13.0 Å². The number of hydrogen-bond donors (Lipinski definition) is 1. The topological polar surface area (TPSA) is 33.7 Å². The molecular weight excluding hydrogens is 264 g/mol. The molecule has 1 fully saturated rings. The smallest absolute Gasteiger partial charge is 0.231 e. The van der Waals surface area contributed by atoms with Crippen molar-refractivity contribution in [2.45, 2.75) is 32.7 Å². The molecule has 0 radical (unpaired) electrons. The molecule has 0 amide bonds. The van der Waals surface area contributed by atoms with E-state index in [-0.39, 0.29) is 0 Å². The van der Waals surface area contributed by atoms with Gasteiger partial charge >= 0.3 is 0 Å². The second-order valence-electron chi connectivity index (χ2n) is 6.83. The van der Waals surface area contributed by atoms with Gasteiger partial charge in [0.1, 0.15) is 0 Å². The van der Waals surface area contributed by atoms with E-state index in [1.807, 2.05) is 6.07 Å². The number of rotatable bonds is 4. The van der Waals surface area contributed by atoms with Gasteiger partial charge in [-0.3, -0.25) is 0 Å². The minimum absolute atomic E-state index is 0.330. The van der Waals surface area contributed by atoms with Crippen molar-refractivity contribution in [2.24, 2.45) is 5.41 Å². The quantitative estimate of drug-likeness (QED) is 0.924. The van der Waals surface area contributed by atoms with E-state index in [1.165, 1.54) is 31.5 Å². The Labute approximate surface area is 127 Å². The van der Waals surface area contributed by atoms with Crippen LogP contribution in [0.15, 0.2) is 18.2 Å². The summed E-state index contributed by atoms with van der Waals surface area (Å²) >= 11 is 0. The minimum atomic E-state index is 0.330. The molecule has 1 N–H and O–H groups in total. The average Bonchev–Trinajstić information content (AvgIpc) is 2.96. The zero-order valence-corrected chi connectivity index (χ0v) is 13.3. The molecule has 3 rings (SSSR count). The van der Waals surface area contributed by atoms with Crippen molar-refractivity contribution in [3.8, 4) is 11.5 Å². The van der Waals surface area contributed by atoms with E-state index in [9.17, 15) is 0 Å². The van der Waals surface area contributed by atoms with Crippen molar-refractivity contribution in [1.29, 1.82) is 0 Å². The highest BCUT2D eigenvalue weighted by Crippen LogP contribution is 2.35. The van der Waals surface area contributed by atoms with Crippen LogP contribution in [0.5, 0.6) is 11.5 Å². The third-order valence-corrected chi connectivity index (χ3v) is 4.93. The number of ether oxygens (including phenoxy) is 2. The second-order valence-corrected chi connectivity index (χ2v) is 6.83. The third-order valence-electron chi connectivity index (χ3n) is 4.93. The lowest BCUT2D eigenvalue weighted by atomic mass is 9.80. The fraction of sp³-hybridized carbons (Fsp3) is 0.647. The molecule has 2 aliphatic heterocycles. The summed E-state index contributed by atoms with van der Waals surface area (Å²) in [4.78, 5) is 2.42. The normalized spacial score (nSPS) is 22.2. The maximum Gasteiger partial charge on any atom is 0.231 e. The predicted molar refractivity (Wildman–Crippen MR) is 83.8 cm³/mol. The second kappa shape index (κ2) is 5.85. The fourth-order valence-corrected chi connectivity index (χ4v) is 3.03. The Balaban J connectivity index is 1.58. The van der Waals surface area contributed by atoms with Crippen LogP contribution in [0.1, 0.15) is 38.3 Å². The Kier molecular flexibility index (Phi) is 4.09.